The number of aromatic nitrogens is 8. The Bertz CT molecular complexity index is 1690. The summed E-state index contributed by atoms with van der Waals surface area (Å²) in [6.45, 7) is 7.83. The maximum Gasteiger partial charge on any atom is 0.159 e. The summed E-state index contributed by atoms with van der Waals surface area (Å²) >= 11 is 0. The Balaban J connectivity index is 1.31. The van der Waals surface area contributed by atoms with Crippen LogP contribution in [0.4, 0.5) is 5.82 Å². The van der Waals surface area contributed by atoms with Gasteiger partial charge in [0.2, 0.25) is 0 Å². The van der Waals surface area contributed by atoms with Crippen molar-refractivity contribution in [3.05, 3.63) is 71.5 Å². The normalized spacial score (nSPS) is 15.0. The van der Waals surface area contributed by atoms with Gasteiger partial charge in [0.15, 0.2) is 5.82 Å². The van der Waals surface area contributed by atoms with E-state index in [9.17, 15) is 0 Å². The molecular formula is C26H24N10. The number of pyridine rings is 2. The van der Waals surface area contributed by atoms with Crippen molar-refractivity contribution in [3.63, 3.8) is 0 Å². The molecular weight excluding hydrogens is 452 g/mol. The van der Waals surface area contributed by atoms with Crippen LogP contribution in [0.25, 0.3) is 52.0 Å². The Kier molecular flexibility index (Phi) is 5.34. The lowest BCUT2D eigenvalue weighted by atomic mass is 10.1. The summed E-state index contributed by atoms with van der Waals surface area (Å²) in [5, 5.41) is 9.06. The van der Waals surface area contributed by atoms with Crippen molar-refractivity contribution < 1.29 is 0 Å². The molecule has 10 nitrogen and oxygen atoms in total. The van der Waals surface area contributed by atoms with Crippen molar-refractivity contribution in [3.8, 4) is 22.8 Å². The first-order valence-corrected chi connectivity index (χ1v) is 11.6. The summed E-state index contributed by atoms with van der Waals surface area (Å²) in [6.07, 6.45) is 12.7. The summed E-state index contributed by atoms with van der Waals surface area (Å²) in [5.41, 5.74) is 11.6. The molecule has 6 rings (SSSR count). The number of imidazole rings is 1. The molecule has 1 aliphatic heterocycles. The van der Waals surface area contributed by atoms with Crippen molar-refractivity contribution >= 4 is 35.1 Å². The van der Waals surface area contributed by atoms with Crippen molar-refractivity contribution in [2.45, 2.75) is 13.0 Å². The third-order valence-corrected chi connectivity index (χ3v) is 6.22. The van der Waals surface area contributed by atoms with Crippen LogP contribution in [-0.2, 0) is 0 Å². The fourth-order valence-electron chi connectivity index (χ4n) is 4.16. The molecule has 6 heterocycles. The van der Waals surface area contributed by atoms with E-state index < -0.39 is 0 Å². The minimum absolute atomic E-state index is 0.204. The van der Waals surface area contributed by atoms with E-state index in [4.69, 9.17) is 15.7 Å². The maximum atomic E-state index is 5.90. The molecule has 0 bridgehead atoms. The summed E-state index contributed by atoms with van der Waals surface area (Å²) in [6, 6.07) is 5.96. The maximum absolute atomic E-state index is 5.90. The highest BCUT2D eigenvalue weighted by atomic mass is 15.3. The SMILES string of the molecule is C=c1c(-c2nc3c(-c4ccccn4)cncc3[nH]2)n[nH]/c1=C/C=C(\C)c1cncc(N2CC(N)C2)n1. The monoisotopic (exact) mass is 476 g/mol. The van der Waals surface area contributed by atoms with E-state index in [0.29, 0.717) is 11.5 Å². The van der Waals surface area contributed by atoms with E-state index in [0.717, 1.165) is 63.0 Å². The van der Waals surface area contributed by atoms with Gasteiger partial charge in [-0.1, -0.05) is 18.7 Å². The lowest BCUT2D eigenvalue weighted by Crippen LogP contribution is -2.56. The molecule has 0 saturated carbocycles. The third-order valence-electron chi connectivity index (χ3n) is 6.22. The number of fused-ring (bicyclic) bond motifs is 1. The van der Waals surface area contributed by atoms with Gasteiger partial charge in [-0.25, -0.2) is 9.97 Å². The zero-order valence-electron chi connectivity index (χ0n) is 19.7. The van der Waals surface area contributed by atoms with Gasteiger partial charge >= 0.3 is 0 Å². The molecule has 0 unspecified atom stereocenters. The van der Waals surface area contributed by atoms with Gasteiger partial charge in [0, 0.05) is 42.3 Å². The third kappa shape index (κ3) is 3.93. The minimum atomic E-state index is 0.204. The smallest absolute Gasteiger partial charge is 0.159 e. The molecule has 4 N–H and O–H groups in total. The molecule has 0 radical (unpaired) electrons. The summed E-state index contributed by atoms with van der Waals surface area (Å²) in [4.78, 5) is 28.1. The molecule has 5 aromatic rings. The molecule has 1 fully saturated rings. The molecule has 0 atom stereocenters. The van der Waals surface area contributed by atoms with Crippen LogP contribution in [-0.4, -0.2) is 59.2 Å². The number of hydrogen-bond acceptors (Lipinski definition) is 8. The van der Waals surface area contributed by atoms with Gasteiger partial charge in [0.25, 0.3) is 0 Å². The molecule has 0 amide bonds. The van der Waals surface area contributed by atoms with E-state index in [1.807, 2.05) is 37.3 Å². The highest BCUT2D eigenvalue weighted by molar-refractivity contribution is 5.91. The van der Waals surface area contributed by atoms with Crippen molar-refractivity contribution in [1.82, 2.24) is 40.1 Å². The molecule has 0 aromatic carbocycles. The number of nitrogens with two attached hydrogens (primary N) is 1. The zero-order chi connectivity index (χ0) is 24.6. The predicted octanol–water partition coefficient (Wildman–Crippen LogP) is 1.64. The van der Waals surface area contributed by atoms with E-state index in [2.05, 4.69) is 41.6 Å². The van der Waals surface area contributed by atoms with Crippen molar-refractivity contribution in [1.29, 1.82) is 0 Å². The molecule has 1 aliphatic rings. The van der Waals surface area contributed by atoms with E-state index in [1.165, 1.54) is 0 Å². The average Bonchev–Trinajstić information content (AvgIpc) is 3.49. The number of nitrogens with zero attached hydrogens (tertiary/aromatic N) is 7. The Morgan fingerprint density at radius 2 is 2.00 bits per heavy atom. The van der Waals surface area contributed by atoms with Gasteiger partial charge in [-0.05, 0) is 30.7 Å². The lowest BCUT2D eigenvalue weighted by Gasteiger charge is -2.37. The minimum Gasteiger partial charge on any atom is -0.352 e. The van der Waals surface area contributed by atoms with E-state index in [1.54, 1.807) is 31.0 Å². The number of hydrogen-bond donors (Lipinski definition) is 3. The highest BCUT2D eigenvalue weighted by Gasteiger charge is 2.24. The van der Waals surface area contributed by atoms with Gasteiger partial charge in [0.05, 0.1) is 40.8 Å². The fourth-order valence-corrected chi connectivity index (χ4v) is 4.16. The molecule has 10 heteroatoms. The van der Waals surface area contributed by atoms with Crippen LogP contribution in [0.2, 0.25) is 0 Å². The number of allylic oxidation sites excluding steroid dienone is 2. The molecule has 0 aliphatic carbocycles. The Hall–Kier alpha value is -4.70. The lowest BCUT2D eigenvalue weighted by molar-refractivity contribution is 0.513. The fraction of sp³-hybridized carbons (Fsp3) is 0.154. The second-order valence-corrected chi connectivity index (χ2v) is 8.79. The first-order chi connectivity index (χ1) is 17.6. The zero-order valence-corrected chi connectivity index (χ0v) is 19.7. The summed E-state index contributed by atoms with van der Waals surface area (Å²) in [7, 11) is 0. The van der Waals surface area contributed by atoms with Crippen LogP contribution in [0.15, 0.2) is 55.3 Å². The largest absolute Gasteiger partial charge is 0.352 e. The number of nitrogens with one attached hydrogen (secondary N) is 2. The van der Waals surface area contributed by atoms with Gasteiger partial charge in [0.1, 0.15) is 17.0 Å². The summed E-state index contributed by atoms with van der Waals surface area (Å²) < 4.78 is 0. The predicted molar refractivity (Wildman–Crippen MR) is 140 cm³/mol. The molecule has 0 spiro atoms. The Morgan fingerprint density at radius 3 is 2.81 bits per heavy atom. The Labute approximate surface area is 206 Å². The van der Waals surface area contributed by atoms with Crippen molar-refractivity contribution in [2.75, 3.05) is 18.0 Å². The number of H-pyrrole nitrogens is 2. The molecule has 36 heavy (non-hydrogen) atoms. The van der Waals surface area contributed by atoms with Crippen LogP contribution in [0.3, 0.4) is 0 Å². The van der Waals surface area contributed by atoms with E-state index >= 15 is 0 Å². The first-order valence-electron chi connectivity index (χ1n) is 11.6. The van der Waals surface area contributed by atoms with Crippen LogP contribution < -0.4 is 21.2 Å². The Morgan fingerprint density at radius 1 is 1.14 bits per heavy atom. The standard InChI is InChI=1S/C26H24N10/c1-15(21-10-29-12-23(31-21)36-13-17(27)14-36)6-7-19-16(2)24(35-34-19)26-32-22-11-28-9-18(25(22)33-26)20-5-3-4-8-30-20/h3-12,17,34H,2,13-14,27H2,1H3,(H,32,33)/b15-6+,19-7+. The van der Waals surface area contributed by atoms with Gasteiger partial charge in [-0.15, -0.1) is 0 Å². The van der Waals surface area contributed by atoms with E-state index in [-0.39, 0.29) is 6.04 Å². The highest BCUT2D eigenvalue weighted by Crippen LogP contribution is 2.26. The number of rotatable bonds is 5. The molecule has 5 aromatic heterocycles. The molecule has 178 valence electrons. The summed E-state index contributed by atoms with van der Waals surface area (Å²) in [5.74, 6) is 1.45. The average molecular weight is 477 g/mol. The second-order valence-electron chi connectivity index (χ2n) is 8.79. The van der Waals surface area contributed by atoms with Crippen LogP contribution in [0.1, 0.15) is 12.6 Å². The quantitative estimate of drug-likeness (QED) is 0.348. The van der Waals surface area contributed by atoms with Gasteiger partial charge in [-0.2, -0.15) is 5.10 Å². The number of aromatic amines is 2. The van der Waals surface area contributed by atoms with Gasteiger partial charge in [-0.3, -0.25) is 20.1 Å². The van der Waals surface area contributed by atoms with Crippen LogP contribution >= 0.6 is 0 Å². The topological polar surface area (TPSA) is 138 Å². The molecule has 1 saturated heterocycles. The first kappa shape index (κ1) is 21.8. The second kappa shape index (κ2) is 8.82. The van der Waals surface area contributed by atoms with Gasteiger partial charge < -0.3 is 15.6 Å². The number of anilines is 1. The van der Waals surface area contributed by atoms with Crippen molar-refractivity contribution in [2.24, 2.45) is 5.73 Å². The van der Waals surface area contributed by atoms with Crippen LogP contribution in [0.5, 0.6) is 0 Å². The van der Waals surface area contributed by atoms with Crippen LogP contribution in [0, 0.1) is 0 Å².